The zero-order valence-corrected chi connectivity index (χ0v) is 9.20. The molecule has 3 nitrogen and oxygen atoms in total. The number of ether oxygens (including phenoxy) is 1. The van der Waals surface area contributed by atoms with Crippen LogP contribution in [0.25, 0.3) is 0 Å². The lowest BCUT2D eigenvalue weighted by molar-refractivity contribution is -0.155. The van der Waals surface area contributed by atoms with Crippen LogP contribution < -0.4 is 5.73 Å². The molecule has 0 aromatic heterocycles. The molecule has 0 aliphatic carbocycles. The average molecular weight is 187 g/mol. The Hall–Kier alpha value is -0.570. The molecule has 0 saturated carbocycles. The summed E-state index contributed by atoms with van der Waals surface area (Å²) in [7, 11) is 0. The average Bonchev–Trinajstić information content (AvgIpc) is 2.02. The molecule has 0 amide bonds. The molecular formula is C10H21NO2. The second kappa shape index (κ2) is 5.22. The van der Waals surface area contributed by atoms with Crippen LogP contribution in [-0.4, -0.2) is 18.1 Å². The quantitative estimate of drug-likeness (QED) is 0.679. The fourth-order valence-corrected chi connectivity index (χ4v) is 0.641. The Labute approximate surface area is 80.6 Å². The summed E-state index contributed by atoms with van der Waals surface area (Å²) in [5, 5.41) is 0. The van der Waals surface area contributed by atoms with Crippen molar-refractivity contribution < 1.29 is 9.53 Å². The van der Waals surface area contributed by atoms with Crippen molar-refractivity contribution in [3.8, 4) is 0 Å². The van der Waals surface area contributed by atoms with E-state index < -0.39 is 0 Å². The van der Waals surface area contributed by atoms with E-state index >= 15 is 0 Å². The summed E-state index contributed by atoms with van der Waals surface area (Å²) in [6, 6.07) is -0.146. The van der Waals surface area contributed by atoms with E-state index in [-0.39, 0.29) is 24.0 Å². The maximum atomic E-state index is 11.4. The predicted molar refractivity (Wildman–Crippen MR) is 53.2 cm³/mol. The highest BCUT2D eigenvalue weighted by atomic mass is 16.5. The van der Waals surface area contributed by atoms with Gasteiger partial charge in [0.25, 0.3) is 0 Å². The van der Waals surface area contributed by atoms with Gasteiger partial charge in [-0.15, -0.1) is 0 Å². The Morgan fingerprint density at radius 1 is 1.15 bits per heavy atom. The Morgan fingerprint density at radius 3 is 1.92 bits per heavy atom. The lowest BCUT2D eigenvalue weighted by atomic mass is 10.0. The maximum Gasteiger partial charge on any atom is 0.310 e. The third kappa shape index (κ3) is 4.27. The highest BCUT2D eigenvalue weighted by molar-refractivity contribution is 5.72. The van der Waals surface area contributed by atoms with Crippen LogP contribution in [0.1, 0.15) is 34.6 Å². The number of rotatable bonds is 4. The van der Waals surface area contributed by atoms with Crippen LogP contribution in [0.5, 0.6) is 0 Å². The third-order valence-corrected chi connectivity index (χ3v) is 2.40. The molecule has 0 bridgehead atoms. The van der Waals surface area contributed by atoms with Crippen molar-refractivity contribution in [3.05, 3.63) is 0 Å². The Kier molecular flexibility index (Phi) is 4.99. The topological polar surface area (TPSA) is 52.3 Å². The van der Waals surface area contributed by atoms with Crippen LogP contribution in [0.2, 0.25) is 0 Å². The van der Waals surface area contributed by atoms with Gasteiger partial charge in [-0.2, -0.15) is 0 Å². The predicted octanol–water partition coefficient (Wildman–Crippen LogP) is 1.56. The molecule has 3 atom stereocenters. The van der Waals surface area contributed by atoms with Crippen LogP contribution >= 0.6 is 0 Å². The fraction of sp³-hybridized carbons (Fsp3) is 0.900. The van der Waals surface area contributed by atoms with E-state index in [2.05, 4.69) is 0 Å². The van der Waals surface area contributed by atoms with Gasteiger partial charge in [-0.1, -0.05) is 20.8 Å². The number of esters is 1. The standard InChI is InChI=1S/C10H21NO2/c1-6(2)9(5)13-10(12)7(3)8(4)11/h6-9H,11H2,1-5H3. The van der Waals surface area contributed by atoms with E-state index in [9.17, 15) is 4.79 Å². The smallest absolute Gasteiger partial charge is 0.310 e. The molecule has 13 heavy (non-hydrogen) atoms. The van der Waals surface area contributed by atoms with E-state index in [1.165, 1.54) is 0 Å². The molecule has 0 aliphatic heterocycles. The summed E-state index contributed by atoms with van der Waals surface area (Å²) >= 11 is 0. The summed E-state index contributed by atoms with van der Waals surface area (Å²) in [6.45, 7) is 9.55. The Bertz CT molecular complexity index is 166. The zero-order chi connectivity index (χ0) is 10.6. The van der Waals surface area contributed by atoms with Crippen LogP contribution in [0.15, 0.2) is 0 Å². The van der Waals surface area contributed by atoms with Gasteiger partial charge in [0.2, 0.25) is 0 Å². The van der Waals surface area contributed by atoms with Crippen molar-refractivity contribution in [2.45, 2.75) is 46.8 Å². The molecule has 0 aromatic rings. The molecule has 0 aliphatic rings. The van der Waals surface area contributed by atoms with Crippen molar-refractivity contribution in [1.82, 2.24) is 0 Å². The minimum atomic E-state index is -0.221. The van der Waals surface area contributed by atoms with Crippen molar-refractivity contribution in [1.29, 1.82) is 0 Å². The minimum Gasteiger partial charge on any atom is -0.462 e. The summed E-state index contributed by atoms with van der Waals surface area (Å²) in [6.07, 6.45) is -0.0336. The maximum absolute atomic E-state index is 11.4. The molecule has 0 rings (SSSR count). The van der Waals surface area contributed by atoms with Crippen molar-refractivity contribution >= 4 is 5.97 Å². The first kappa shape index (κ1) is 12.4. The molecule has 0 heterocycles. The normalized spacial score (nSPS) is 18.1. The number of nitrogens with two attached hydrogens (primary N) is 1. The van der Waals surface area contributed by atoms with Crippen LogP contribution in [-0.2, 0) is 9.53 Å². The van der Waals surface area contributed by atoms with Gasteiger partial charge < -0.3 is 10.5 Å². The molecule has 0 aromatic carbocycles. The number of hydrogen-bond acceptors (Lipinski definition) is 3. The van der Waals surface area contributed by atoms with Gasteiger partial charge in [0.05, 0.1) is 5.92 Å². The first-order valence-corrected chi connectivity index (χ1v) is 4.82. The van der Waals surface area contributed by atoms with Crippen LogP contribution in [0, 0.1) is 11.8 Å². The monoisotopic (exact) mass is 187 g/mol. The van der Waals surface area contributed by atoms with Gasteiger partial charge in [-0.3, -0.25) is 4.79 Å². The summed E-state index contributed by atoms with van der Waals surface area (Å²) in [5.74, 6) is -0.0679. The molecule has 0 saturated heterocycles. The fourth-order valence-electron chi connectivity index (χ4n) is 0.641. The van der Waals surface area contributed by atoms with E-state index in [4.69, 9.17) is 10.5 Å². The van der Waals surface area contributed by atoms with Crippen molar-refractivity contribution in [2.24, 2.45) is 17.6 Å². The molecule has 0 radical (unpaired) electrons. The molecular weight excluding hydrogens is 166 g/mol. The highest BCUT2D eigenvalue weighted by Gasteiger charge is 2.21. The minimum absolute atomic E-state index is 0.0336. The molecule has 3 heteroatoms. The van der Waals surface area contributed by atoms with Gasteiger partial charge in [-0.25, -0.2) is 0 Å². The number of carbonyl (C=O) groups is 1. The third-order valence-electron chi connectivity index (χ3n) is 2.40. The summed E-state index contributed by atoms with van der Waals surface area (Å²) in [4.78, 5) is 11.4. The van der Waals surface area contributed by atoms with E-state index in [1.807, 2.05) is 27.7 Å². The van der Waals surface area contributed by atoms with E-state index in [0.29, 0.717) is 5.92 Å². The largest absolute Gasteiger partial charge is 0.462 e. The van der Waals surface area contributed by atoms with Crippen LogP contribution in [0.4, 0.5) is 0 Å². The second-order valence-electron chi connectivity index (χ2n) is 4.03. The highest BCUT2D eigenvalue weighted by Crippen LogP contribution is 2.10. The lowest BCUT2D eigenvalue weighted by Gasteiger charge is -2.20. The lowest BCUT2D eigenvalue weighted by Crippen LogP contribution is -2.34. The summed E-state index contributed by atoms with van der Waals surface area (Å²) in [5.41, 5.74) is 5.59. The number of hydrogen-bond donors (Lipinski definition) is 1. The van der Waals surface area contributed by atoms with Gasteiger partial charge >= 0.3 is 5.97 Å². The Balaban J connectivity index is 4.00. The molecule has 0 spiro atoms. The van der Waals surface area contributed by atoms with E-state index in [0.717, 1.165) is 0 Å². The van der Waals surface area contributed by atoms with Gasteiger partial charge in [0.15, 0.2) is 0 Å². The van der Waals surface area contributed by atoms with Crippen molar-refractivity contribution in [3.63, 3.8) is 0 Å². The van der Waals surface area contributed by atoms with E-state index in [1.54, 1.807) is 6.92 Å². The van der Waals surface area contributed by atoms with Crippen molar-refractivity contribution in [2.75, 3.05) is 0 Å². The number of carbonyl (C=O) groups excluding carboxylic acids is 1. The zero-order valence-electron chi connectivity index (χ0n) is 9.20. The van der Waals surface area contributed by atoms with Gasteiger partial charge in [0.1, 0.15) is 6.10 Å². The molecule has 0 fully saturated rings. The van der Waals surface area contributed by atoms with Gasteiger partial charge in [-0.05, 0) is 19.8 Å². The SMILES string of the molecule is CC(C)C(C)OC(=O)C(C)C(C)N. The molecule has 3 unspecified atom stereocenters. The first-order valence-electron chi connectivity index (χ1n) is 4.82. The van der Waals surface area contributed by atoms with Crippen LogP contribution in [0.3, 0.4) is 0 Å². The summed E-state index contributed by atoms with van der Waals surface area (Å²) < 4.78 is 5.22. The second-order valence-corrected chi connectivity index (χ2v) is 4.03. The first-order chi connectivity index (χ1) is 5.86. The molecule has 78 valence electrons. The Morgan fingerprint density at radius 2 is 1.62 bits per heavy atom. The molecule has 2 N–H and O–H groups in total. The van der Waals surface area contributed by atoms with Gasteiger partial charge in [0, 0.05) is 6.04 Å².